The lowest BCUT2D eigenvalue weighted by Gasteiger charge is -2.10. The molecule has 0 aliphatic rings. The van der Waals surface area contributed by atoms with Crippen LogP contribution in [-0.4, -0.2) is 36.2 Å². The van der Waals surface area contributed by atoms with Crippen LogP contribution in [0.1, 0.15) is 19.2 Å². The largest absolute Gasteiger partial charge is 0.407 e. The maximum Gasteiger partial charge on any atom is 0.318 e. The van der Waals surface area contributed by atoms with Crippen molar-refractivity contribution in [2.45, 2.75) is 19.9 Å². The van der Waals surface area contributed by atoms with Crippen molar-refractivity contribution in [3.8, 4) is 0 Å². The molecule has 0 aromatic carbocycles. The van der Waals surface area contributed by atoms with E-state index in [4.69, 9.17) is 10.2 Å². The monoisotopic (exact) mass is 227 g/mol. The van der Waals surface area contributed by atoms with Gasteiger partial charge in [-0.2, -0.15) is 0 Å². The Bertz CT molecular complexity index is 338. The number of aromatic nitrogens is 2. The Morgan fingerprint density at radius 2 is 2.31 bits per heavy atom. The van der Waals surface area contributed by atoms with Gasteiger partial charge in [0.15, 0.2) is 0 Å². The molecule has 0 unspecified atom stereocenters. The first-order chi connectivity index (χ1) is 7.63. The van der Waals surface area contributed by atoms with Crippen LogP contribution in [0.2, 0.25) is 0 Å². The quantitative estimate of drug-likeness (QED) is 0.609. The number of anilines is 1. The van der Waals surface area contributed by atoms with Gasteiger partial charge >= 0.3 is 6.01 Å². The van der Waals surface area contributed by atoms with Crippen LogP contribution in [0.3, 0.4) is 0 Å². The number of rotatable bonds is 7. The lowest BCUT2D eigenvalue weighted by atomic mass is 10.5. The van der Waals surface area contributed by atoms with E-state index < -0.39 is 5.91 Å². The van der Waals surface area contributed by atoms with E-state index in [0.29, 0.717) is 18.5 Å². The number of nitrogens with one attached hydrogen (secondary N) is 1. The number of hydrogen-bond donors (Lipinski definition) is 2. The first kappa shape index (κ1) is 12.4. The molecule has 0 aliphatic carbocycles. The van der Waals surface area contributed by atoms with E-state index in [2.05, 4.69) is 22.4 Å². The first-order valence-corrected chi connectivity index (χ1v) is 5.16. The molecular formula is C9H17N5O2. The summed E-state index contributed by atoms with van der Waals surface area (Å²) in [6, 6.07) is 0.298. The number of carbonyl (C=O) groups is 1. The van der Waals surface area contributed by atoms with Gasteiger partial charge in [-0.3, -0.25) is 4.79 Å². The van der Waals surface area contributed by atoms with Crippen molar-refractivity contribution < 1.29 is 9.21 Å². The maximum atomic E-state index is 10.7. The van der Waals surface area contributed by atoms with Crippen molar-refractivity contribution in [3.63, 3.8) is 0 Å². The van der Waals surface area contributed by atoms with Crippen LogP contribution in [0, 0.1) is 0 Å². The van der Waals surface area contributed by atoms with Crippen molar-refractivity contribution in [2.75, 3.05) is 25.0 Å². The van der Waals surface area contributed by atoms with E-state index >= 15 is 0 Å². The van der Waals surface area contributed by atoms with Crippen LogP contribution in [0.15, 0.2) is 4.42 Å². The summed E-state index contributed by atoms with van der Waals surface area (Å²) >= 11 is 0. The van der Waals surface area contributed by atoms with Gasteiger partial charge < -0.3 is 20.4 Å². The molecule has 1 aromatic rings. The molecule has 0 saturated carbocycles. The summed E-state index contributed by atoms with van der Waals surface area (Å²) in [7, 11) is 1.67. The topological polar surface area (TPSA) is 97.3 Å². The molecule has 0 radical (unpaired) electrons. The van der Waals surface area contributed by atoms with Gasteiger partial charge in [0.2, 0.25) is 11.8 Å². The Morgan fingerprint density at radius 1 is 1.56 bits per heavy atom. The van der Waals surface area contributed by atoms with Gasteiger partial charge in [-0.1, -0.05) is 12.0 Å². The first-order valence-electron chi connectivity index (χ1n) is 5.16. The summed E-state index contributed by atoms with van der Waals surface area (Å²) in [5.74, 6) is 0.0612. The Hall–Kier alpha value is -1.63. The molecule has 1 amide bonds. The zero-order valence-corrected chi connectivity index (χ0v) is 9.56. The molecule has 7 heteroatoms. The molecule has 0 atom stereocenters. The van der Waals surface area contributed by atoms with Crippen LogP contribution in [-0.2, 0) is 11.3 Å². The molecular weight excluding hydrogens is 210 g/mol. The molecule has 3 N–H and O–H groups in total. The highest BCUT2D eigenvalue weighted by molar-refractivity contribution is 5.78. The summed E-state index contributed by atoms with van der Waals surface area (Å²) in [5.41, 5.74) is 5.05. The third-order valence-corrected chi connectivity index (χ3v) is 1.88. The second kappa shape index (κ2) is 6.06. The Kier molecular flexibility index (Phi) is 4.71. The van der Waals surface area contributed by atoms with Gasteiger partial charge in [0.05, 0.1) is 6.54 Å². The maximum absolute atomic E-state index is 10.7. The van der Waals surface area contributed by atoms with Crippen LogP contribution < -0.4 is 16.0 Å². The predicted octanol–water partition coefficient (Wildman–Crippen LogP) is -0.509. The highest BCUT2D eigenvalue weighted by Gasteiger charge is 2.11. The standard InChI is InChI=1S/C9H17N5O2/c1-3-4-11-5-8-12-13-9(16-8)14(2)6-7(10)15/h11H,3-6H2,1-2H3,(H2,10,15). The fourth-order valence-corrected chi connectivity index (χ4v) is 1.14. The van der Waals surface area contributed by atoms with Crippen LogP contribution >= 0.6 is 0 Å². The highest BCUT2D eigenvalue weighted by Crippen LogP contribution is 2.09. The number of hydrogen-bond acceptors (Lipinski definition) is 6. The number of likely N-dealkylation sites (N-methyl/N-ethyl adjacent to an activating group) is 1. The van der Waals surface area contributed by atoms with Crippen molar-refractivity contribution in [1.82, 2.24) is 15.5 Å². The Balaban J connectivity index is 2.47. The van der Waals surface area contributed by atoms with E-state index in [1.807, 2.05) is 0 Å². The lowest BCUT2D eigenvalue weighted by Crippen LogP contribution is -2.30. The number of amides is 1. The molecule has 1 rings (SSSR count). The molecule has 0 fully saturated rings. The number of carbonyl (C=O) groups excluding carboxylic acids is 1. The van der Waals surface area contributed by atoms with Gasteiger partial charge in [-0.25, -0.2) is 0 Å². The minimum atomic E-state index is -0.439. The molecule has 0 aliphatic heterocycles. The molecule has 1 heterocycles. The number of nitrogens with zero attached hydrogens (tertiary/aromatic N) is 3. The number of nitrogens with two attached hydrogens (primary N) is 1. The average Bonchev–Trinajstić information content (AvgIpc) is 2.66. The van der Waals surface area contributed by atoms with Gasteiger partial charge in [-0.15, -0.1) is 5.10 Å². The average molecular weight is 227 g/mol. The summed E-state index contributed by atoms with van der Waals surface area (Å²) in [6.45, 7) is 3.57. The van der Waals surface area contributed by atoms with Crippen molar-refractivity contribution in [2.24, 2.45) is 5.73 Å². The summed E-state index contributed by atoms with van der Waals surface area (Å²) in [4.78, 5) is 12.2. The van der Waals surface area contributed by atoms with E-state index in [1.165, 1.54) is 4.90 Å². The molecule has 7 nitrogen and oxygen atoms in total. The predicted molar refractivity (Wildman–Crippen MR) is 58.8 cm³/mol. The summed E-state index contributed by atoms with van der Waals surface area (Å²) in [6.07, 6.45) is 1.04. The van der Waals surface area contributed by atoms with Crippen molar-refractivity contribution in [1.29, 1.82) is 0 Å². The van der Waals surface area contributed by atoms with E-state index in [9.17, 15) is 4.79 Å². The molecule has 0 saturated heterocycles. The normalized spacial score (nSPS) is 10.4. The van der Waals surface area contributed by atoms with E-state index in [-0.39, 0.29) is 6.54 Å². The van der Waals surface area contributed by atoms with E-state index in [0.717, 1.165) is 13.0 Å². The summed E-state index contributed by atoms with van der Waals surface area (Å²) in [5, 5.41) is 10.8. The minimum Gasteiger partial charge on any atom is -0.407 e. The van der Waals surface area contributed by atoms with Gasteiger partial charge in [0, 0.05) is 7.05 Å². The number of primary amides is 1. The van der Waals surface area contributed by atoms with Gasteiger partial charge in [0.1, 0.15) is 6.54 Å². The molecule has 16 heavy (non-hydrogen) atoms. The smallest absolute Gasteiger partial charge is 0.318 e. The fraction of sp³-hybridized carbons (Fsp3) is 0.667. The van der Waals surface area contributed by atoms with Crippen molar-refractivity contribution in [3.05, 3.63) is 5.89 Å². The molecule has 90 valence electrons. The SMILES string of the molecule is CCCNCc1nnc(N(C)CC(N)=O)o1. The Labute approximate surface area is 94.0 Å². The molecule has 1 aromatic heterocycles. The molecule has 0 bridgehead atoms. The fourth-order valence-electron chi connectivity index (χ4n) is 1.14. The van der Waals surface area contributed by atoms with Crippen LogP contribution in [0.4, 0.5) is 6.01 Å². The second-order valence-electron chi connectivity index (χ2n) is 3.48. The third kappa shape index (κ3) is 3.85. The Morgan fingerprint density at radius 3 is 2.94 bits per heavy atom. The van der Waals surface area contributed by atoms with Crippen LogP contribution in [0.5, 0.6) is 0 Å². The molecule has 0 spiro atoms. The summed E-state index contributed by atoms with van der Waals surface area (Å²) < 4.78 is 5.33. The van der Waals surface area contributed by atoms with E-state index in [1.54, 1.807) is 7.05 Å². The zero-order valence-electron chi connectivity index (χ0n) is 9.56. The van der Waals surface area contributed by atoms with Gasteiger partial charge in [-0.05, 0) is 13.0 Å². The van der Waals surface area contributed by atoms with Gasteiger partial charge in [0.25, 0.3) is 0 Å². The lowest BCUT2D eigenvalue weighted by molar-refractivity contribution is -0.116. The third-order valence-electron chi connectivity index (χ3n) is 1.88. The highest BCUT2D eigenvalue weighted by atomic mass is 16.4. The zero-order chi connectivity index (χ0) is 12.0. The van der Waals surface area contributed by atoms with Crippen molar-refractivity contribution >= 4 is 11.9 Å². The van der Waals surface area contributed by atoms with Crippen LogP contribution in [0.25, 0.3) is 0 Å². The second-order valence-corrected chi connectivity index (χ2v) is 3.48. The minimum absolute atomic E-state index is 0.0595.